The van der Waals surface area contributed by atoms with Crippen LogP contribution in [0.4, 0.5) is 0 Å². The van der Waals surface area contributed by atoms with Crippen LogP contribution in [0.5, 0.6) is 0 Å². The molecule has 0 N–H and O–H groups in total. The molecule has 0 fully saturated rings. The van der Waals surface area contributed by atoms with Gasteiger partial charge in [0.2, 0.25) is 0 Å². The summed E-state index contributed by atoms with van der Waals surface area (Å²) in [5.74, 6) is 1.44. The van der Waals surface area contributed by atoms with Crippen molar-refractivity contribution in [3.63, 3.8) is 0 Å². The van der Waals surface area contributed by atoms with E-state index in [1.165, 1.54) is 42.4 Å². The van der Waals surface area contributed by atoms with E-state index in [4.69, 9.17) is 0 Å². The van der Waals surface area contributed by atoms with Crippen LogP contribution in [0.15, 0.2) is 18.2 Å². The second kappa shape index (κ2) is 25.9. The standard InChI is InChI=1S/C10H14.C8H18.C5H10O.2C2H6/c1-4-10-7-8(2)5-6-9(10)3;1-4-6-8(3)7-5-2;1-4(2)5(3)6;2*1-2/h5-7H,4H2,1-3H3;8H,4-7H2,1-3H3;4H,1-3H3;2*1-2H3. The zero-order chi connectivity index (χ0) is 23.1. The predicted octanol–water partition coefficient (Wildman–Crippen LogP) is 9.37. The average Bonchev–Trinajstić information content (AvgIpc) is 2.68. The minimum absolute atomic E-state index is 0.213. The Kier molecular flexibility index (Phi) is 31.8. The molecule has 0 radical (unpaired) electrons. The first-order valence-corrected chi connectivity index (χ1v) is 11.8. The highest BCUT2D eigenvalue weighted by Gasteiger charge is 1.96. The van der Waals surface area contributed by atoms with Gasteiger partial charge >= 0.3 is 0 Å². The van der Waals surface area contributed by atoms with Crippen molar-refractivity contribution in [1.82, 2.24) is 0 Å². The van der Waals surface area contributed by atoms with E-state index in [9.17, 15) is 4.79 Å². The molecule has 1 heteroatoms. The summed E-state index contributed by atoms with van der Waals surface area (Å²) in [6.07, 6.45) is 6.66. The summed E-state index contributed by atoms with van der Waals surface area (Å²) < 4.78 is 0. The maximum atomic E-state index is 10.1. The molecule has 1 aromatic rings. The highest BCUT2D eigenvalue weighted by molar-refractivity contribution is 5.77. The zero-order valence-corrected chi connectivity index (χ0v) is 21.8. The molecule has 0 heterocycles. The highest BCUT2D eigenvalue weighted by atomic mass is 16.1. The Labute approximate surface area is 179 Å². The topological polar surface area (TPSA) is 17.1 Å². The Balaban J connectivity index is -0.000000145. The number of hydrogen-bond acceptors (Lipinski definition) is 1. The number of Topliss-reactive ketones (excluding diaryl/α,β-unsaturated/α-hetero) is 1. The second-order valence-electron chi connectivity index (χ2n) is 7.23. The van der Waals surface area contributed by atoms with Crippen LogP contribution in [-0.2, 0) is 11.2 Å². The SMILES string of the molecule is CC.CC.CC(=O)C(C)C.CCCC(C)CCC.CCc1cc(C)ccc1C. The van der Waals surface area contributed by atoms with E-state index in [0.717, 1.165) is 12.3 Å². The summed E-state index contributed by atoms with van der Waals surface area (Å²) in [4.78, 5) is 10.1. The van der Waals surface area contributed by atoms with Crippen molar-refractivity contribution in [3.8, 4) is 0 Å². The van der Waals surface area contributed by atoms with Crippen LogP contribution in [0.2, 0.25) is 0 Å². The Morgan fingerprint density at radius 1 is 0.857 bits per heavy atom. The van der Waals surface area contributed by atoms with Gasteiger partial charge in [-0.05, 0) is 44.2 Å². The van der Waals surface area contributed by atoms with Gasteiger partial charge in [-0.25, -0.2) is 0 Å². The molecule has 0 aliphatic carbocycles. The first kappa shape index (κ1) is 34.4. The minimum Gasteiger partial charge on any atom is -0.300 e. The van der Waals surface area contributed by atoms with Crippen molar-refractivity contribution < 1.29 is 4.79 Å². The molecule has 0 saturated carbocycles. The van der Waals surface area contributed by atoms with Crippen LogP contribution < -0.4 is 0 Å². The van der Waals surface area contributed by atoms with E-state index >= 15 is 0 Å². The third kappa shape index (κ3) is 24.9. The van der Waals surface area contributed by atoms with E-state index in [1.54, 1.807) is 6.92 Å². The Morgan fingerprint density at radius 2 is 1.25 bits per heavy atom. The van der Waals surface area contributed by atoms with Gasteiger partial charge in [-0.1, -0.05) is 119 Å². The minimum atomic E-state index is 0.213. The molecule has 0 atom stereocenters. The first-order valence-electron chi connectivity index (χ1n) is 11.8. The summed E-state index contributed by atoms with van der Waals surface area (Å²) in [5, 5.41) is 0. The molecule has 0 amide bonds. The summed E-state index contributed by atoms with van der Waals surface area (Å²) in [5.41, 5.74) is 4.25. The molecule has 1 aromatic carbocycles. The number of carbonyl (C=O) groups is 1. The van der Waals surface area contributed by atoms with Gasteiger partial charge in [0.25, 0.3) is 0 Å². The van der Waals surface area contributed by atoms with Crippen molar-refractivity contribution in [3.05, 3.63) is 34.9 Å². The smallest absolute Gasteiger partial charge is 0.132 e. The summed E-state index contributed by atoms with van der Waals surface area (Å²) >= 11 is 0. The predicted molar refractivity (Wildman–Crippen MR) is 132 cm³/mol. The monoisotopic (exact) mass is 394 g/mol. The Hall–Kier alpha value is -1.11. The van der Waals surface area contributed by atoms with E-state index in [-0.39, 0.29) is 11.7 Å². The van der Waals surface area contributed by atoms with E-state index in [0.29, 0.717) is 0 Å². The molecule has 168 valence electrons. The van der Waals surface area contributed by atoms with Crippen molar-refractivity contribution >= 4 is 5.78 Å². The zero-order valence-electron chi connectivity index (χ0n) is 21.8. The number of rotatable bonds is 6. The maximum absolute atomic E-state index is 10.1. The number of ketones is 1. The molecule has 0 bridgehead atoms. The third-order valence-corrected chi connectivity index (χ3v) is 4.26. The van der Waals surface area contributed by atoms with Gasteiger partial charge in [0.15, 0.2) is 0 Å². The number of carbonyl (C=O) groups excluding carboxylic acids is 1. The molecule has 1 nitrogen and oxygen atoms in total. The van der Waals surface area contributed by atoms with Gasteiger partial charge in [-0.15, -0.1) is 0 Å². The number of benzene rings is 1. The van der Waals surface area contributed by atoms with Crippen LogP contribution in [0.25, 0.3) is 0 Å². The van der Waals surface area contributed by atoms with Crippen LogP contribution in [-0.4, -0.2) is 5.78 Å². The number of hydrogen-bond donors (Lipinski definition) is 0. The molecule has 28 heavy (non-hydrogen) atoms. The summed E-state index contributed by atoms with van der Waals surface area (Å²) in [6.45, 7) is 26.7. The molecule has 0 aliphatic rings. The molecule has 0 spiro atoms. The molecule has 0 saturated heterocycles. The molecular formula is C27H54O. The number of aryl methyl sites for hydroxylation is 3. The Morgan fingerprint density at radius 3 is 1.50 bits per heavy atom. The lowest BCUT2D eigenvalue weighted by molar-refractivity contribution is -0.119. The van der Waals surface area contributed by atoms with Crippen LogP contribution in [0.3, 0.4) is 0 Å². The van der Waals surface area contributed by atoms with E-state index in [2.05, 4.69) is 59.7 Å². The van der Waals surface area contributed by atoms with E-state index in [1.807, 2.05) is 41.5 Å². The fourth-order valence-electron chi connectivity index (χ4n) is 2.31. The Bertz CT molecular complexity index is 426. The van der Waals surface area contributed by atoms with Gasteiger partial charge < -0.3 is 0 Å². The lowest BCUT2D eigenvalue weighted by Crippen LogP contribution is -1.98. The lowest BCUT2D eigenvalue weighted by Gasteiger charge is -2.05. The molecule has 0 aromatic heterocycles. The normalized spacial score (nSPS) is 8.96. The largest absolute Gasteiger partial charge is 0.300 e. The van der Waals surface area contributed by atoms with Gasteiger partial charge in [0, 0.05) is 5.92 Å². The second-order valence-corrected chi connectivity index (χ2v) is 7.23. The highest BCUT2D eigenvalue weighted by Crippen LogP contribution is 2.11. The van der Waals surface area contributed by atoms with Crippen molar-refractivity contribution in [1.29, 1.82) is 0 Å². The molecular weight excluding hydrogens is 340 g/mol. The quantitative estimate of drug-likeness (QED) is 0.469. The molecule has 1 rings (SSSR count). The van der Waals surface area contributed by atoms with Crippen molar-refractivity contribution in [2.24, 2.45) is 11.8 Å². The van der Waals surface area contributed by atoms with Crippen LogP contribution in [0, 0.1) is 25.7 Å². The summed E-state index contributed by atoms with van der Waals surface area (Å²) in [7, 11) is 0. The van der Waals surface area contributed by atoms with Crippen LogP contribution >= 0.6 is 0 Å². The molecule has 0 unspecified atom stereocenters. The fourth-order valence-corrected chi connectivity index (χ4v) is 2.31. The van der Waals surface area contributed by atoms with Gasteiger partial charge in [0.05, 0.1) is 0 Å². The lowest BCUT2D eigenvalue weighted by atomic mass is 10.0. The van der Waals surface area contributed by atoms with Crippen molar-refractivity contribution in [2.75, 3.05) is 0 Å². The van der Waals surface area contributed by atoms with Gasteiger partial charge in [0.1, 0.15) is 5.78 Å². The van der Waals surface area contributed by atoms with Gasteiger partial charge in [-0.2, -0.15) is 0 Å². The van der Waals surface area contributed by atoms with Gasteiger partial charge in [-0.3, -0.25) is 4.79 Å². The third-order valence-electron chi connectivity index (χ3n) is 4.26. The van der Waals surface area contributed by atoms with Crippen LogP contribution in [0.1, 0.15) is 119 Å². The fraction of sp³-hybridized carbons (Fsp3) is 0.741. The summed E-state index contributed by atoms with van der Waals surface area (Å²) in [6, 6.07) is 6.61. The first-order chi connectivity index (χ1) is 13.2. The van der Waals surface area contributed by atoms with E-state index < -0.39 is 0 Å². The maximum Gasteiger partial charge on any atom is 0.132 e. The van der Waals surface area contributed by atoms with Crippen molar-refractivity contribution in [2.45, 2.75) is 122 Å². The molecule has 0 aliphatic heterocycles. The average molecular weight is 395 g/mol.